The van der Waals surface area contributed by atoms with Crippen LogP contribution in [0.25, 0.3) is 10.8 Å². The molecule has 0 atom stereocenters. The van der Waals surface area contributed by atoms with Crippen LogP contribution in [0.3, 0.4) is 0 Å². The van der Waals surface area contributed by atoms with Gasteiger partial charge >= 0.3 is 5.97 Å². The van der Waals surface area contributed by atoms with E-state index in [0.29, 0.717) is 5.75 Å². The number of hydrogen-bond donors (Lipinski definition) is 0. The first-order valence-corrected chi connectivity index (χ1v) is 5.38. The molecule has 0 aromatic heterocycles. The van der Waals surface area contributed by atoms with Crippen molar-refractivity contribution in [1.29, 1.82) is 0 Å². The van der Waals surface area contributed by atoms with Crippen LogP contribution in [0.2, 0.25) is 0 Å². The third-order valence-electron chi connectivity index (χ3n) is 2.53. The van der Waals surface area contributed by atoms with Gasteiger partial charge in [-0.05, 0) is 35.4 Å². The molecule has 0 bridgehead atoms. The van der Waals surface area contributed by atoms with E-state index < -0.39 is 17.4 Å². The van der Waals surface area contributed by atoms with E-state index in [9.17, 15) is 14.9 Å². The zero-order valence-corrected chi connectivity index (χ0v) is 9.75. The summed E-state index contributed by atoms with van der Waals surface area (Å²) < 4.78 is 4.98. The highest BCUT2D eigenvalue weighted by Crippen LogP contribution is 2.25. The van der Waals surface area contributed by atoms with Gasteiger partial charge < -0.3 is 4.74 Å². The second kappa shape index (κ2) is 4.83. The van der Waals surface area contributed by atoms with E-state index in [0.717, 1.165) is 16.3 Å². The third kappa shape index (κ3) is 2.63. The molecule has 18 heavy (non-hydrogen) atoms. The van der Waals surface area contributed by atoms with Crippen molar-refractivity contribution in [2.45, 2.75) is 6.92 Å². The predicted octanol–water partition coefficient (Wildman–Crippen LogP) is 2.33. The molecule has 2 aromatic carbocycles. The van der Waals surface area contributed by atoms with Crippen molar-refractivity contribution in [1.82, 2.24) is 0 Å². The van der Waals surface area contributed by atoms with Crippen molar-refractivity contribution in [3.05, 3.63) is 52.1 Å². The van der Waals surface area contributed by atoms with Gasteiger partial charge in [0.15, 0.2) is 0 Å². The van der Waals surface area contributed by atoms with Gasteiger partial charge in [-0.15, -0.1) is 0 Å². The van der Waals surface area contributed by atoms with Gasteiger partial charge in [-0.2, -0.15) is 0 Å². The maximum Gasteiger partial charge on any atom is 0.383 e. The van der Waals surface area contributed by atoms with Crippen molar-refractivity contribution in [2.75, 3.05) is 6.54 Å². The Balaban J connectivity index is 2.30. The summed E-state index contributed by atoms with van der Waals surface area (Å²) in [5, 5.41) is 12.2. The minimum atomic E-state index is -0.863. The minimum Gasteiger partial charge on any atom is -0.421 e. The predicted molar refractivity (Wildman–Crippen MR) is 66.2 cm³/mol. The maximum absolute atomic E-state index is 11.2. The fraction of sp³-hybridized carbons (Fsp3) is 0.154. The molecule has 0 spiro atoms. The molecule has 5 nitrogen and oxygen atoms in total. The number of aryl methyl sites for hydroxylation is 1. The normalized spacial score (nSPS) is 10.3. The lowest BCUT2D eigenvalue weighted by Gasteiger charge is -2.07. The van der Waals surface area contributed by atoms with Crippen LogP contribution in [0.5, 0.6) is 5.75 Å². The fourth-order valence-electron chi connectivity index (χ4n) is 1.70. The Morgan fingerprint density at radius 3 is 2.50 bits per heavy atom. The molecule has 0 saturated carbocycles. The number of benzene rings is 2. The molecule has 0 unspecified atom stereocenters. The molecule has 0 radical (unpaired) electrons. The Bertz CT molecular complexity index is 621. The largest absolute Gasteiger partial charge is 0.421 e. The van der Waals surface area contributed by atoms with Crippen molar-refractivity contribution in [2.24, 2.45) is 0 Å². The van der Waals surface area contributed by atoms with Crippen LogP contribution < -0.4 is 4.74 Å². The highest BCUT2D eigenvalue weighted by Gasteiger charge is 2.13. The van der Waals surface area contributed by atoms with Crippen molar-refractivity contribution >= 4 is 16.7 Å². The second-order valence-corrected chi connectivity index (χ2v) is 3.93. The molecule has 0 saturated heterocycles. The van der Waals surface area contributed by atoms with E-state index in [2.05, 4.69) is 0 Å². The second-order valence-electron chi connectivity index (χ2n) is 3.93. The fourth-order valence-corrected chi connectivity index (χ4v) is 1.70. The van der Waals surface area contributed by atoms with Crippen molar-refractivity contribution in [3.63, 3.8) is 0 Å². The summed E-state index contributed by atoms with van der Waals surface area (Å²) in [5.41, 5.74) is 0.769. The lowest BCUT2D eigenvalue weighted by Crippen LogP contribution is -2.19. The van der Waals surface area contributed by atoms with E-state index in [4.69, 9.17) is 4.74 Å². The Morgan fingerprint density at radius 2 is 1.89 bits per heavy atom. The first-order chi connectivity index (χ1) is 8.56. The first-order valence-electron chi connectivity index (χ1n) is 5.38. The number of esters is 1. The van der Waals surface area contributed by atoms with E-state index >= 15 is 0 Å². The van der Waals surface area contributed by atoms with E-state index in [1.807, 2.05) is 30.3 Å². The van der Waals surface area contributed by atoms with Gasteiger partial charge in [0.05, 0.1) is 0 Å². The molecule has 5 heteroatoms. The Kier molecular flexibility index (Phi) is 3.23. The molecule has 0 aliphatic heterocycles. The number of ether oxygens (including phenoxy) is 1. The van der Waals surface area contributed by atoms with Crippen molar-refractivity contribution < 1.29 is 14.5 Å². The lowest BCUT2D eigenvalue weighted by molar-refractivity contribution is -0.469. The Morgan fingerprint density at radius 1 is 1.28 bits per heavy atom. The third-order valence-corrected chi connectivity index (χ3v) is 2.53. The summed E-state index contributed by atoms with van der Waals surface area (Å²) in [7, 11) is 0. The van der Waals surface area contributed by atoms with Crippen LogP contribution in [0.4, 0.5) is 0 Å². The van der Waals surface area contributed by atoms with Gasteiger partial charge in [0.1, 0.15) is 5.75 Å². The summed E-state index contributed by atoms with van der Waals surface area (Å²) in [4.78, 5) is 20.7. The molecule has 2 rings (SSSR count). The number of fused-ring (bicyclic) bond motifs is 1. The number of carbonyl (C=O) groups excluding carboxylic acids is 1. The molecule has 0 N–H and O–H groups in total. The van der Waals surface area contributed by atoms with E-state index in [-0.39, 0.29) is 0 Å². The summed E-state index contributed by atoms with van der Waals surface area (Å²) in [6, 6.07) is 11.2. The SMILES string of the molecule is Cc1cc2ccccc2cc1OC(=O)C[N+](=O)[O-]. The molecule has 2 aromatic rings. The Labute approximate surface area is 103 Å². The maximum atomic E-state index is 11.2. The summed E-state index contributed by atoms with van der Waals surface area (Å²) in [5.74, 6) is -0.501. The van der Waals surface area contributed by atoms with Crippen LogP contribution in [0, 0.1) is 17.0 Å². The molecule has 0 heterocycles. The van der Waals surface area contributed by atoms with Crippen LogP contribution in [0.1, 0.15) is 5.56 Å². The number of rotatable bonds is 3. The monoisotopic (exact) mass is 245 g/mol. The van der Waals surface area contributed by atoms with E-state index in [1.165, 1.54) is 0 Å². The van der Waals surface area contributed by atoms with Gasteiger partial charge in [0, 0.05) is 4.92 Å². The average molecular weight is 245 g/mol. The van der Waals surface area contributed by atoms with Gasteiger partial charge in [0.25, 0.3) is 6.54 Å². The average Bonchev–Trinajstić information content (AvgIpc) is 2.29. The van der Waals surface area contributed by atoms with Gasteiger partial charge in [0.2, 0.25) is 0 Å². The van der Waals surface area contributed by atoms with Crippen LogP contribution in [-0.4, -0.2) is 17.4 Å². The number of nitrogens with zero attached hydrogens (tertiary/aromatic N) is 1. The standard InChI is InChI=1S/C13H11NO4/c1-9-6-10-4-2-3-5-11(10)7-12(9)18-13(15)8-14(16)17/h2-7H,8H2,1H3. The molecule has 0 aliphatic carbocycles. The zero-order chi connectivity index (χ0) is 13.1. The number of nitro groups is 1. The summed E-state index contributed by atoms with van der Waals surface area (Å²) in [6.45, 7) is 0.966. The summed E-state index contributed by atoms with van der Waals surface area (Å²) in [6.07, 6.45) is 0. The Hall–Kier alpha value is -2.43. The zero-order valence-electron chi connectivity index (χ0n) is 9.75. The van der Waals surface area contributed by atoms with Gasteiger partial charge in [-0.3, -0.25) is 10.1 Å². The number of hydrogen-bond acceptors (Lipinski definition) is 4. The van der Waals surface area contributed by atoms with E-state index in [1.54, 1.807) is 13.0 Å². The van der Waals surface area contributed by atoms with Crippen LogP contribution in [-0.2, 0) is 4.79 Å². The molecule has 0 aliphatic rings. The molecule has 92 valence electrons. The first kappa shape index (κ1) is 12.0. The van der Waals surface area contributed by atoms with Crippen LogP contribution in [0.15, 0.2) is 36.4 Å². The lowest BCUT2D eigenvalue weighted by atomic mass is 10.1. The number of carbonyl (C=O) groups is 1. The quantitative estimate of drug-likeness (QED) is 0.360. The molecular weight excluding hydrogens is 234 g/mol. The highest BCUT2D eigenvalue weighted by molar-refractivity contribution is 5.86. The smallest absolute Gasteiger partial charge is 0.383 e. The highest BCUT2D eigenvalue weighted by atomic mass is 16.6. The molecule has 0 amide bonds. The summed E-state index contributed by atoms with van der Waals surface area (Å²) >= 11 is 0. The molecule has 0 fully saturated rings. The van der Waals surface area contributed by atoms with Gasteiger partial charge in [-0.25, -0.2) is 4.79 Å². The van der Waals surface area contributed by atoms with Crippen molar-refractivity contribution in [3.8, 4) is 5.75 Å². The topological polar surface area (TPSA) is 69.4 Å². The minimum absolute atomic E-state index is 0.362. The van der Waals surface area contributed by atoms with Gasteiger partial charge in [-0.1, -0.05) is 24.3 Å². The van der Waals surface area contributed by atoms with Crippen LogP contribution >= 0.6 is 0 Å². The molecular formula is C13H11NO4.